The average Bonchev–Trinajstić information content (AvgIpc) is 3.39. The van der Waals surface area contributed by atoms with Crippen LogP contribution in [0.4, 0.5) is 11.4 Å². The summed E-state index contributed by atoms with van der Waals surface area (Å²) < 4.78 is 11.7. The van der Waals surface area contributed by atoms with E-state index in [1.54, 1.807) is 48.5 Å². The highest BCUT2D eigenvalue weighted by atomic mass is 16.6. The summed E-state index contributed by atoms with van der Waals surface area (Å²) >= 11 is 0. The van der Waals surface area contributed by atoms with Crippen molar-refractivity contribution < 1.29 is 19.1 Å². The van der Waals surface area contributed by atoms with Crippen LogP contribution >= 0.6 is 0 Å². The van der Waals surface area contributed by atoms with Crippen LogP contribution in [0.3, 0.4) is 0 Å². The molecule has 0 bridgehead atoms. The van der Waals surface area contributed by atoms with Gasteiger partial charge in [-0.25, -0.2) is 0 Å². The summed E-state index contributed by atoms with van der Waals surface area (Å²) in [5.41, 5.74) is 1.50. The first-order chi connectivity index (χ1) is 16.6. The van der Waals surface area contributed by atoms with Crippen molar-refractivity contribution in [2.75, 3.05) is 17.2 Å². The Bertz CT molecular complexity index is 1140. The lowest BCUT2D eigenvalue weighted by Gasteiger charge is -2.26. The highest BCUT2D eigenvalue weighted by Crippen LogP contribution is 2.41. The molecule has 10 nitrogen and oxygen atoms in total. The number of allylic oxidation sites excluding steroid dienone is 1. The number of unbranched alkanes of at least 4 members (excludes halogenated alkanes) is 3. The fraction of sp³-hybridized carbons (Fsp3) is 0.292. The predicted molar refractivity (Wildman–Crippen MR) is 126 cm³/mol. The second-order valence-electron chi connectivity index (χ2n) is 7.74. The maximum atomic E-state index is 12.8. The summed E-state index contributed by atoms with van der Waals surface area (Å²) in [5, 5.41) is 19.4. The van der Waals surface area contributed by atoms with E-state index >= 15 is 0 Å². The first-order valence-electron chi connectivity index (χ1n) is 11.2. The SMILES string of the molecule is CCCCC/C=C/C(=O)Nc1ccc(C(=O)Nc2cccc3c2OC(c2nn[nH]n2)CO3)cc1. The standard InChI is InChI=1S/C24H26N6O4/c1-2-3-4-5-6-10-21(31)25-17-13-11-16(12-14-17)24(32)26-18-8-7-9-19-22(18)34-20(15-33-19)23-27-29-30-28-23/h6-14,20H,2-5,15H2,1H3,(H,25,31)(H,26,32)(H,27,28,29,30)/b10-6+. The van der Waals surface area contributed by atoms with Gasteiger partial charge in [0.15, 0.2) is 17.6 Å². The van der Waals surface area contributed by atoms with Gasteiger partial charge in [0, 0.05) is 11.3 Å². The van der Waals surface area contributed by atoms with E-state index in [9.17, 15) is 9.59 Å². The van der Waals surface area contributed by atoms with Crippen LogP contribution in [0.15, 0.2) is 54.6 Å². The molecule has 1 aromatic heterocycles. The number of rotatable bonds is 9. The normalized spacial score (nSPS) is 14.7. The largest absolute Gasteiger partial charge is 0.485 e. The molecule has 0 spiro atoms. The van der Waals surface area contributed by atoms with Crippen LogP contribution in [0.1, 0.15) is 54.9 Å². The van der Waals surface area contributed by atoms with Gasteiger partial charge in [-0.15, -0.1) is 10.2 Å². The van der Waals surface area contributed by atoms with E-state index < -0.39 is 6.10 Å². The zero-order valence-electron chi connectivity index (χ0n) is 18.8. The van der Waals surface area contributed by atoms with Gasteiger partial charge < -0.3 is 20.1 Å². The lowest BCUT2D eigenvalue weighted by Crippen LogP contribution is -2.24. The molecule has 0 aliphatic carbocycles. The molecule has 0 radical (unpaired) electrons. The van der Waals surface area contributed by atoms with Crippen molar-refractivity contribution in [2.45, 2.75) is 38.7 Å². The fourth-order valence-corrected chi connectivity index (χ4v) is 3.41. The summed E-state index contributed by atoms with van der Waals surface area (Å²) in [6.07, 6.45) is 7.13. The number of aromatic nitrogens is 4. The number of carbonyl (C=O) groups is 2. The molecule has 10 heteroatoms. The lowest BCUT2D eigenvalue weighted by atomic mass is 10.1. The summed E-state index contributed by atoms with van der Waals surface area (Å²) in [6, 6.07) is 11.9. The molecule has 2 amide bonds. The number of ether oxygens (including phenoxy) is 2. The van der Waals surface area contributed by atoms with Crippen LogP contribution in [0.25, 0.3) is 0 Å². The summed E-state index contributed by atoms with van der Waals surface area (Å²) in [7, 11) is 0. The first kappa shape index (κ1) is 23.0. The first-order valence-corrected chi connectivity index (χ1v) is 11.2. The number of anilines is 2. The van der Waals surface area contributed by atoms with Crippen molar-refractivity contribution in [3.8, 4) is 11.5 Å². The molecule has 3 aromatic rings. The van der Waals surface area contributed by atoms with E-state index in [1.165, 1.54) is 0 Å². The molecular formula is C24H26N6O4. The number of nitrogens with zero attached hydrogens (tertiary/aromatic N) is 3. The van der Waals surface area contributed by atoms with E-state index in [0.717, 1.165) is 25.7 Å². The molecule has 2 aromatic carbocycles. The number of aromatic amines is 1. The van der Waals surface area contributed by atoms with Crippen LogP contribution in [0.5, 0.6) is 11.5 Å². The quantitative estimate of drug-likeness (QED) is 0.323. The van der Waals surface area contributed by atoms with Gasteiger partial charge in [-0.2, -0.15) is 5.21 Å². The van der Waals surface area contributed by atoms with Crippen molar-refractivity contribution in [3.05, 3.63) is 66.0 Å². The number of tetrazole rings is 1. The van der Waals surface area contributed by atoms with Crippen molar-refractivity contribution in [3.63, 3.8) is 0 Å². The third-order valence-corrected chi connectivity index (χ3v) is 5.19. The van der Waals surface area contributed by atoms with Gasteiger partial charge in [0.2, 0.25) is 11.7 Å². The van der Waals surface area contributed by atoms with E-state index in [2.05, 4.69) is 38.2 Å². The smallest absolute Gasteiger partial charge is 0.255 e. The number of hydrogen-bond acceptors (Lipinski definition) is 7. The Morgan fingerprint density at radius 1 is 1.15 bits per heavy atom. The molecule has 3 N–H and O–H groups in total. The second kappa shape index (κ2) is 11.1. The van der Waals surface area contributed by atoms with Gasteiger partial charge in [0.25, 0.3) is 5.91 Å². The molecule has 1 atom stereocenters. The molecule has 1 unspecified atom stereocenters. The summed E-state index contributed by atoms with van der Waals surface area (Å²) in [4.78, 5) is 24.9. The average molecular weight is 463 g/mol. The molecule has 34 heavy (non-hydrogen) atoms. The number of benzene rings is 2. The van der Waals surface area contributed by atoms with Crippen LogP contribution < -0.4 is 20.1 Å². The number of amides is 2. The molecule has 2 heterocycles. The van der Waals surface area contributed by atoms with Crippen LogP contribution in [0.2, 0.25) is 0 Å². The van der Waals surface area contributed by atoms with Crippen molar-refractivity contribution >= 4 is 23.2 Å². The minimum absolute atomic E-state index is 0.196. The van der Waals surface area contributed by atoms with Crippen molar-refractivity contribution in [1.29, 1.82) is 0 Å². The summed E-state index contributed by atoms with van der Waals surface area (Å²) in [5.74, 6) is 0.746. The Kier molecular flexibility index (Phi) is 7.49. The number of carbonyl (C=O) groups excluding carboxylic acids is 2. The van der Waals surface area contributed by atoms with Gasteiger partial charge in [-0.3, -0.25) is 9.59 Å². The number of nitrogens with one attached hydrogen (secondary N) is 3. The third kappa shape index (κ3) is 5.77. The molecular weight excluding hydrogens is 436 g/mol. The van der Waals surface area contributed by atoms with Crippen LogP contribution in [0, 0.1) is 0 Å². The minimum Gasteiger partial charge on any atom is -0.485 e. The van der Waals surface area contributed by atoms with Crippen molar-refractivity contribution in [1.82, 2.24) is 20.6 Å². The molecule has 0 fully saturated rings. The second-order valence-corrected chi connectivity index (χ2v) is 7.74. The fourth-order valence-electron chi connectivity index (χ4n) is 3.41. The van der Waals surface area contributed by atoms with E-state index in [-0.39, 0.29) is 18.4 Å². The maximum absolute atomic E-state index is 12.8. The number of H-pyrrole nitrogens is 1. The van der Waals surface area contributed by atoms with Gasteiger partial charge in [-0.1, -0.05) is 37.1 Å². The monoisotopic (exact) mass is 462 g/mol. The highest BCUT2D eigenvalue weighted by Gasteiger charge is 2.28. The zero-order valence-corrected chi connectivity index (χ0v) is 18.8. The van der Waals surface area contributed by atoms with Crippen LogP contribution in [-0.4, -0.2) is 39.0 Å². The van der Waals surface area contributed by atoms with E-state index in [4.69, 9.17) is 9.47 Å². The minimum atomic E-state index is -0.548. The number of para-hydroxylation sites is 1. The Morgan fingerprint density at radius 3 is 2.76 bits per heavy atom. The molecule has 4 rings (SSSR count). The molecule has 1 aliphatic rings. The maximum Gasteiger partial charge on any atom is 0.255 e. The molecule has 0 saturated carbocycles. The van der Waals surface area contributed by atoms with Gasteiger partial charge in [0.1, 0.15) is 6.61 Å². The zero-order chi connectivity index (χ0) is 23.8. The third-order valence-electron chi connectivity index (χ3n) is 5.19. The predicted octanol–water partition coefficient (Wildman–Crippen LogP) is 4.04. The van der Waals surface area contributed by atoms with E-state index in [0.29, 0.717) is 34.3 Å². The number of hydrogen-bond donors (Lipinski definition) is 3. The Hall–Kier alpha value is -4.21. The highest BCUT2D eigenvalue weighted by molar-refractivity contribution is 6.06. The number of fused-ring (bicyclic) bond motifs is 1. The molecule has 176 valence electrons. The Morgan fingerprint density at radius 2 is 2.00 bits per heavy atom. The topological polar surface area (TPSA) is 131 Å². The Balaban J connectivity index is 1.37. The molecule has 1 aliphatic heterocycles. The van der Waals surface area contributed by atoms with E-state index in [1.807, 2.05) is 6.08 Å². The molecule has 0 saturated heterocycles. The van der Waals surface area contributed by atoms with Crippen molar-refractivity contribution in [2.24, 2.45) is 0 Å². The van der Waals surface area contributed by atoms with Gasteiger partial charge >= 0.3 is 0 Å². The lowest BCUT2D eigenvalue weighted by molar-refractivity contribution is -0.111. The van der Waals surface area contributed by atoms with Gasteiger partial charge in [-0.05, 0) is 55.3 Å². The van der Waals surface area contributed by atoms with Gasteiger partial charge in [0.05, 0.1) is 5.69 Å². The van der Waals surface area contributed by atoms with Crippen LogP contribution in [-0.2, 0) is 4.79 Å². The Labute approximate surface area is 196 Å². The summed E-state index contributed by atoms with van der Waals surface area (Å²) in [6.45, 7) is 2.37.